The molecule has 11 heteroatoms. The third-order valence-electron chi connectivity index (χ3n) is 13.1. The van der Waals surface area contributed by atoms with Crippen LogP contribution in [-0.2, 0) is 15.5 Å². The molecule has 1 unspecified atom stereocenters. The molecule has 2 saturated carbocycles. The summed E-state index contributed by atoms with van der Waals surface area (Å²) >= 11 is 0. The summed E-state index contributed by atoms with van der Waals surface area (Å²) < 4.78 is 37.6. The number of alkyl halides is 2. The summed E-state index contributed by atoms with van der Waals surface area (Å²) in [4.78, 5) is 40.0. The Bertz CT molecular complexity index is 2340. The molecular weight excluding hydrogens is 687 g/mol. The first-order chi connectivity index (χ1) is 26.0. The number of benzene rings is 3. The molecule has 2 aromatic heterocycles. The summed E-state index contributed by atoms with van der Waals surface area (Å²) in [6.45, 7) is 4.86. The summed E-state index contributed by atoms with van der Waals surface area (Å²) in [5.41, 5.74) is 7.33. The van der Waals surface area contributed by atoms with Crippen LogP contribution < -0.4 is 10.6 Å². The fourth-order valence-electron chi connectivity index (χ4n) is 9.91. The molecule has 278 valence electrons. The molecule has 5 aromatic rings. The summed E-state index contributed by atoms with van der Waals surface area (Å²) in [6, 6.07) is 20.0. The summed E-state index contributed by atoms with van der Waals surface area (Å²) in [5.74, 6) is -2.46. The van der Waals surface area contributed by atoms with Gasteiger partial charge in [0.2, 0.25) is 5.91 Å². The molecule has 5 aliphatic rings. The summed E-state index contributed by atoms with van der Waals surface area (Å²) in [7, 11) is 1.29. The first-order valence-corrected chi connectivity index (χ1v) is 19.3. The zero-order valence-electron chi connectivity index (χ0n) is 30.6. The highest BCUT2D eigenvalue weighted by Crippen LogP contribution is 2.56. The molecule has 4 fully saturated rings. The lowest BCUT2D eigenvalue weighted by atomic mass is 9.95. The maximum atomic E-state index is 16.4. The van der Waals surface area contributed by atoms with E-state index < -0.39 is 18.1 Å². The van der Waals surface area contributed by atoms with Crippen LogP contribution in [0, 0.1) is 17.3 Å². The second-order valence-corrected chi connectivity index (χ2v) is 16.7. The second-order valence-electron chi connectivity index (χ2n) is 16.7. The van der Waals surface area contributed by atoms with E-state index in [4.69, 9.17) is 9.72 Å². The smallest absolute Gasteiger partial charge is 0.407 e. The molecule has 9 nitrogen and oxygen atoms in total. The number of H-pyrrole nitrogens is 2. The largest absolute Gasteiger partial charge is 0.453 e. The van der Waals surface area contributed by atoms with E-state index in [1.165, 1.54) is 20.0 Å². The van der Waals surface area contributed by atoms with Gasteiger partial charge in [-0.3, -0.25) is 4.79 Å². The monoisotopic (exact) mass is 730 g/mol. The number of imidazole rings is 1. The highest BCUT2D eigenvalue weighted by atomic mass is 19.3. The Balaban J connectivity index is 0.921. The van der Waals surface area contributed by atoms with Gasteiger partial charge in [-0.15, -0.1) is 0 Å². The van der Waals surface area contributed by atoms with E-state index in [0.717, 1.165) is 65.8 Å². The predicted octanol–water partition coefficient (Wildman–Crippen LogP) is 8.59. The Labute approximate surface area is 312 Å². The number of likely N-dealkylation sites (tertiary alicyclic amines) is 1. The predicted molar refractivity (Wildman–Crippen MR) is 202 cm³/mol. The molecular formula is C43H44F2N6O3. The lowest BCUT2D eigenvalue weighted by Crippen LogP contribution is -2.54. The number of halogens is 2. The first kappa shape index (κ1) is 33.5. The number of hydrogen-bond acceptors (Lipinski definition) is 5. The lowest BCUT2D eigenvalue weighted by Gasteiger charge is -2.37. The molecule has 4 heterocycles. The highest BCUT2D eigenvalue weighted by molar-refractivity contribution is 5.88. The molecule has 10 rings (SSSR count). The minimum absolute atomic E-state index is 0.00557. The normalized spacial score (nSPS) is 24.7. The van der Waals surface area contributed by atoms with Crippen molar-refractivity contribution in [2.24, 2.45) is 17.3 Å². The number of piperidine rings is 1. The standard InChI is InChI=1S/C43H44F2N6O3/c1-22(2)37(50-41(53)54-3)40(52)51-27-8-4-26(16-27)38(51)39-48-33-11-7-24(19-35(33)49-39)23-5-9-28-29-10-6-25(18-31(29)43(44,45)30(28)17-23)32-12-13-34(47-32)36-20-42(14-15-42)21-46-36/h5-7,9-13,17-19,22,26-27,36-38,46-47H,4,8,14-16,20-21H2,1-3H3,(H,48,49)(H,50,53)/t26-,27+,36-,37+,38?/m0/s1. The minimum Gasteiger partial charge on any atom is -0.453 e. The molecule has 2 saturated heterocycles. The van der Waals surface area contributed by atoms with E-state index in [2.05, 4.69) is 26.7 Å². The molecule has 0 radical (unpaired) electrons. The van der Waals surface area contributed by atoms with Crippen molar-refractivity contribution in [2.45, 2.75) is 82.5 Å². The fourth-order valence-corrected chi connectivity index (χ4v) is 9.91. The Hall–Kier alpha value is -5.03. The fraction of sp³-hybridized carbons (Fsp3) is 0.419. The van der Waals surface area contributed by atoms with Crippen LogP contribution in [0.15, 0.2) is 66.7 Å². The molecule has 5 atom stereocenters. The number of fused-ring (bicyclic) bond motifs is 6. The number of rotatable bonds is 7. The second kappa shape index (κ2) is 12.0. The minimum atomic E-state index is -3.16. The Morgan fingerprint density at radius 2 is 1.65 bits per heavy atom. The van der Waals surface area contributed by atoms with Gasteiger partial charge in [-0.2, -0.15) is 8.78 Å². The van der Waals surface area contributed by atoms with E-state index in [1.54, 1.807) is 12.1 Å². The van der Waals surface area contributed by atoms with Gasteiger partial charge in [0.25, 0.3) is 5.92 Å². The topological polar surface area (TPSA) is 115 Å². The molecule has 54 heavy (non-hydrogen) atoms. The van der Waals surface area contributed by atoms with Crippen LogP contribution >= 0.6 is 0 Å². The van der Waals surface area contributed by atoms with Crippen molar-refractivity contribution >= 4 is 23.0 Å². The van der Waals surface area contributed by atoms with Gasteiger partial charge >= 0.3 is 6.09 Å². The number of nitrogens with zero attached hydrogens (tertiary/aromatic N) is 2. The number of hydrogen-bond donors (Lipinski definition) is 4. The van der Waals surface area contributed by atoms with Crippen LogP contribution in [0.5, 0.6) is 0 Å². The Kier molecular flexibility index (Phi) is 7.44. The highest BCUT2D eigenvalue weighted by Gasteiger charge is 2.52. The molecule has 2 bridgehead atoms. The molecule has 2 amide bonds. The maximum absolute atomic E-state index is 16.4. The number of aromatic nitrogens is 3. The van der Waals surface area contributed by atoms with Crippen molar-refractivity contribution in [1.82, 2.24) is 30.5 Å². The number of alkyl carbamates (subject to hydrolysis) is 1. The van der Waals surface area contributed by atoms with Crippen molar-refractivity contribution in [2.75, 3.05) is 13.7 Å². The number of aromatic amines is 2. The van der Waals surface area contributed by atoms with Gasteiger partial charge in [0.15, 0.2) is 0 Å². The van der Waals surface area contributed by atoms with Crippen LogP contribution in [0.2, 0.25) is 0 Å². The average molecular weight is 731 g/mol. The Morgan fingerprint density at radius 1 is 0.926 bits per heavy atom. The molecule has 2 aliphatic heterocycles. The van der Waals surface area contributed by atoms with Crippen LogP contribution in [0.4, 0.5) is 13.6 Å². The third-order valence-corrected chi connectivity index (χ3v) is 13.1. The van der Waals surface area contributed by atoms with Gasteiger partial charge in [-0.1, -0.05) is 44.2 Å². The lowest BCUT2D eigenvalue weighted by molar-refractivity contribution is -0.139. The Morgan fingerprint density at radius 3 is 2.37 bits per heavy atom. The molecule has 1 spiro atoms. The van der Waals surface area contributed by atoms with Gasteiger partial charge in [0.05, 0.1) is 24.2 Å². The van der Waals surface area contributed by atoms with E-state index >= 15 is 8.78 Å². The quantitative estimate of drug-likeness (QED) is 0.134. The van der Waals surface area contributed by atoms with E-state index in [0.29, 0.717) is 27.9 Å². The van der Waals surface area contributed by atoms with Gasteiger partial charge in [0.1, 0.15) is 11.9 Å². The van der Waals surface area contributed by atoms with Gasteiger partial charge < -0.3 is 30.2 Å². The van der Waals surface area contributed by atoms with Gasteiger partial charge in [-0.25, -0.2) is 9.78 Å². The summed E-state index contributed by atoms with van der Waals surface area (Å²) in [6.07, 6.45) is 5.86. The zero-order valence-corrected chi connectivity index (χ0v) is 30.6. The van der Waals surface area contributed by atoms with Crippen molar-refractivity contribution in [3.8, 4) is 33.5 Å². The number of carbonyl (C=O) groups is 2. The van der Waals surface area contributed by atoms with Crippen molar-refractivity contribution in [1.29, 1.82) is 0 Å². The maximum Gasteiger partial charge on any atom is 0.407 e. The SMILES string of the molecule is COC(=O)N[C@@H](C(=O)N1C(c2nc3ccc(-c4ccc5c(c4)C(F)(F)c4cc(-c6ccc([C@@H]7CC8(CC8)CN7)[nH]6)ccc4-5)cc3[nH]2)[C@H]2CC[C@@H]1C2)C(C)C. The molecule has 3 aromatic carbocycles. The average Bonchev–Trinajstić information content (AvgIpc) is 3.83. The van der Waals surface area contributed by atoms with Crippen LogP contribution in [0.1, 0.15) is 87.1 Å². The van der Waals surface area contributed by atoms with Crippen molar-refractivity contribution < 1.29 is 23.1 Å². The zero-order chi connectivity index (χ0) is 37.1. The van der Waals surface area contributed by atoms with Gasteiger partial charge in [0, 0.05) is 41.1 Å². The molecule has 3 aliphatic carbocycles. The number of carbonyl (C=O) groups excluding carboxylic acids is 2. The van der Waals surface area contributed by atoms with Crippen molar-refractivity contribution in [3.05, 3.63) is 89.4 Å². The van der Waals surface area contributed by atoms with E-state index in [-0.39, 0.29) is 47.0 Å². The van der Waals surface area contributed by atoms with Crippen molar-refractivity contribution in [3.63, 3.8) is 0 Å². The van der Waals surface area contributed by atoms with Crippen LogP contribution in [0.25, 0.3) is 44.5 Å². The number of methoxy groups -OCH3 is 1. The number of nitrogens with one attached hydrogen (secondary N) is 4. The van der Waals surface area contributed by atoms with Gasteiger partial charge in [-0.05, 0) is 120 Å². The number of amides is 2. The van der Waals surface area contributed by atoms with Crippen LogP contribution in [-0.4, -0.2) is 57.6 Å². The molecule has 4 N–H and O–H groups in total. The van der Waals surface area contributed by atoms with E-state index in [1.807, 2.05) is 67.3 Å². The number of ether oxygens (including phenoxy) is 1. The van der Waals surface area contributed by atoms with E-state index in [9.17, 15) is 9.59 Å². The third kappa shape index (κ3) is 5.21. The summed E-state index contributed by atoms with van der Waals surface area (Å²) in [5, 5.41) is 6.38. The first-order valence-electron chi connectivity index (χ1n) is 19.3. The van der Waals surface area contributed by atoms with Crippen LogP contribution in [0.3, 0.4) is 0 Å².